The number of hydrogen-bond donors (Lipinski definition) is 2. The summed E-state index contributed by atoms with van der Waals surface area (Å²) in [5.41, 5.74) is 6.89. The van der Waals surface area contributed by atoms with Crippen LogP contribution in [0.2, 0.25) is 0 Å². The summed E-state index contributed by atoms with van der Waals surface area (Å²) in [4.78, 5) is 26.6. The molecule has 2 amide bonds. The van der Waals surface area contributed by atoms with Gasteiger partial charge >= 0.3 is 0 Å². The van der Waals surface area contributed by atoms with E-state index in [2.05, 4.69) is 10.2 Å². The number of benzene rings is 2. The van der Waals surface area contributed by atoms with Gasteiger partial charge in [0.05, 0.1) is 50.5 Å². The summed E-state index contributed by atoms with van der Waals surface area (Å²) in [6.45, 7) is 7.04. The van der Waals surface area contributed by atoms with Gasteiger partial charge in [-0.3, -0.25) is 9.59 Å². The van der Waals surface area contributed by atoms with Crippen LogP contribution in [-0.2, 0) is 9.53 Å². The Morgan fingerprint density at radius 2 is 1.71 bits per heavy atom. The molecular formula is C24H31N3O7. The Morgan fingerprint density at radius 1 is 1.00 bits per heavy atom. The van der Waals surface area contributed by atoms with Gasteiger partial charge in [-0.15, -0.1) is 0 Å². The summed E-state index contributed by atoms with van der Waals surface area (Å²) >= 11 is 0. The second-order valence-electron chi connectivity index (χ2n) is 7.34. The third-order valence-electron chi connectivity index (χ3n) is 5.10. The lowest BCUT2D eigenvalue weighted by atomic mass is 10.2. The molecule has 0 spiro atoms. The minimum absolute atomic E-state index is 0.121. The van der Waals surface area contributed by atoms with Crippen LogP contribution in [0.15, 0.2) is 30.3 Å². The first kappa shape index (κ1) is 25.0. The maximum atomic E-state index is 12.7. The molecule has 2 aromatic carbocycles. The van der Waals surface area contributed by atoms with Crippen molar-refractivity contribution in [2.45, 2.75) is 13.8 Å². The molecule has 2 aromatic rings. The van der Waals surface area contributed by atoms with E-state index in [1.165, 1.54) is 19.2 Å². The monoisotopic (exact) mass is 473 g/mol. The van der Waals surface area contributed by atoms with Crippen molar-refractivity contribution in [2.24, 2.45) is 5.73 Å². The van der Waals surface area contributed by atoms with Crippen LogP contribution >= 0.6 is 0 Å². The number of hydrogen-bond acceptors (Lipinski definition) is 8. The number of carbonyl (C=O) groups is 2. The number of carbonyl (C=O) groups excluding carboxylic acids is 2. The van der Waals surface area contributed by atoms with E-state index in [0.717, 1.165) is 18.8 Å². The van der Waals surface area contributed by atoms with E-state index >= 15 is 0 Å². The third-order valence-corrected chi connectivity index (χ3v) is 5.10. The van der Waals surface area contributed by atoms with Gasteiger partial charge in [0.15, 0.2) is 6.61 Å². The fourth-order valence-electron chi connectivity index (χ4n) is 3.53. The molecule has 1 saturated heterocycles. The van der Waals surface area contributed by atoms with Gasteiger partial charge in [0, 0.05) is 25.2 Å². The summed E-state index contributed by atoms with van der Waals surface area (Å²) in [5, 5.41) is 2.81. The van der Waals surface area contributed by atoms with E-state index in [4.69, 9.17) is 29.4 Å². The van der Waals surface area contributed by atoms with Crippen LogP contribution in [0.1, 0.15) is 24.2 Å². The molecule has 0 saturated carbocycles. The molecule has 1 aliphatic rings. The summed E-state index contributed by atoms with van der Waals surface area (Å²) in [6.07, 6.45) is 0. The molecule has 1 aliphatic heterocycles. The zero-order valence-electron chi connectivity index (χ0n) is 19.7. The number of morpholine rings is 1. The maximum absolute atomic E-state index is 12.7. The fraction of sp³-hybridized carbons (Fsp3) is 0.417. The third kappa shape index (κ3) is 6.22. The first-order valence-corrected chi connectivity index (χ1v) is 11.1. The van der Waals surface area contributed by atoms with E-state index in [9.17, 15) is 9.59 Å². The van der Waals surface area contributed by atoms with Gasteiger partial charge in [0.1, 0.15) is 23.0 Å². The van der Waals surface area contributed by atoms with Gasteiger partial charge in [-0.25, -0.2) is 0 Å². The Labute approximate surface area is 198 Å². The van der Waals surface area contributed by atoms with Gasteiger partial charge in [-0.2, -0.15) is 0 Å². The van der Waals surface area contributed by atoms with E-state index in [1.807, 2.05) is 19.9 Å². The Morgan fingerprint density at radius 3 is 2.35 bits per heavy atom. The molecule has 3 rings (SSSR count). The number of primary amides is 1. The molecule has 0 bridgehead atoms. The fourth-order valence-corrected chi connectivity index (χ4v) is 3.53. The van der Waals surface area contributed by atoms with Crippen LogP contribution in [0.4, 0.5) is 11.4 Å². The Balaban J connectivity index is 1.79. The summed E-state index contributed by atoms with van der Waals surface area (Å²) in [6, 6.07) is 8.22. The highest BCUT2D eigenvalue weighted by atomic mass is 16.5. The van der Waals surface area contributed by atoms with E-state index in [-0.39, 0.29) is 17.9 Å². The zero-order valence-corrected chi connectivity index (χ0v) is 19.7. The lowest BCUT2D eigenvalue weighted by Gasteiger charge is -2.31. The topological polar surface area (TPSA) is 122 Å². The van der Waals surface area contributed by atoms with Crippen molar-refractivity contribution in [1.29, 1.82) is 0 Å². The molecular weight excluding hydrogens is 442 g/mol. The Kier molecular flexibility index (Phi) is 8.80. The van der Waals surface area contributed by atoms with Crippen molar-refractivity contribution in [3.8, 4) is 23.0 Å². The molecule has 3 N–H and O–H groups in total. The number of nitrogens with zero attached hydrogens (tertiary/aromatic N) is 1. The second-order valence-corrected chi connectivity index (χ2v) is 7.34. The Hall–Kier alpha value is -3.66. The molecule has 1 heterocycles. The molecule has 184 valence electrons. The lowest BCUT2D eigenvalue weighted by Crippen LogP contribution is -2.36. The number of ether oxygens (including phenoxy) is 5. The summed E-state index contributed by atoms with van der Waals surface area (Å²) in [7, 11) is 1.48. The van der Waals surface area contributed by atoms with Crippen LogP contribution in [0.3, 0.4) is 0 Å². The highest BCUT2D eigenvalue weighted by molar-refractivity contribution is 5.97. The predicted molar refractivity (Wildman–Crippen MR) is 127 cm³/mol. The molecule has 0 aliphatic carbocycles. The van der Waals surface area contributed by atoms with Gasteiger partial charge in [-0.05, 0) is 32.0 Å². The normalized spacial score (nSPS) is 13.2. The SMILES string of the molecule is CCOc1cc(N2CCOCC2)c(OCC)cc1NC(=O)COc1ccc(OC)cc1C(N)=O. The van der Waals surface area contributed by atoms with Crippen molar-refractivity contribution in [3.05, 3.63) is 35.9 Å². The minimum Gasteiger partial charge on any atom is -0.497 e. The Bertz CT molecular complexity index is 1010. The number of rotatable bonds is 11. The summed E-state index contributed by atoms with van der Waals surface area (Å²) in [5.74, 6) is 0.669. The molecule has 0 aromatic heterocycles. The molecule has 10 nitrogen and oxygen atoms in total. The number of nitrogens with two attached hydrogens (primary N) is 1. The first-order valence-electron chi connectivity index (χ1n) is 11.1. The second kappa shape index (κ2) is 12.0. The smallest absolute Gasteiger partial charge is 0.262 e. The number of amides is 2. The summed E-state index contributed by atoms with van der Waals surface area (Å²) < 4.78 is 27.8. The standard InChI is InChI=1S/C24H31N3O7/c1-4-32-21-14-19(27-8-10-31-11-9-27)22(33-5-2)13-18(21)26-23(28)15-34-20-7-6-16(30-3)12-17(20)24(25)29/h6-7,12-14H,4-5,8-11,15H2,1-3H3,(H2,25,29)(H,26,28). The van der Waals surface area contributed by atoms with Crippen molar-refractivity contribution in [1.82, 2.24) is 0 Å². The highest BCUT2D eigenvalue weighted by Gasteiger charge is 2.21. The maximum Gasteiger partial charge on any atom is 0.262 e. The van der Waals surface area contributed by atoms with E-state index in [0.29, 0.717) is 49.4 Å². The largest absolute Gasteiger partial charge is 0.497 e. The van der Waals surface area contributed by atoms with Gasteiger partial charge in [-0.1, -0.05) is 0 Å². The molecule has 10 heteroatoms. The average molecular weight is 474 g/mol. The van der Waals surface area contributed by atoms with Crippen LogP contribution in [0.5, 0.6) is 23.0 Å². The highest BCUT2D eigenvalue weighted by Crippen LogP contribution is 2.39. The number of anilines is 2. The van der Waals surface area contributed by atoms with Crippen molar-refractivity contribution in [2.75, 3.05) is 63.5 Å². The molecule has 34 heavy (non-hydrogen) atoms. The van der Waals surface area contributed by atoms with Crippen molar-refractivity contribution in [3.63, 3.8) is 0 Å². The molecule has 0 atom stereocenters. The van der Waals surface area contributed by atoms with Crippen LogP contribution in [0, 0.1) is 0 Å². The van der Waals surface area contributed by atoms with Crippen LogP contribution in [-0.4, -0.2) is 65.0 Å². The lowest BCUT2D eigenvalue weighted by molar-refractivity contribution is -0.118. The van der Waals surface area contributed by atoms with Gasteiger partial charge in [0.2, 0.25) is 0 Å². The van der Waals surface area contributed by atoms with Crippen LogP contribution < -0.4 is 34.9 Å². The number of methoxy groups -OCH3 is 1. The average Bonchev–Trinajstić information content (AvgIpc) is 2.84. The van der Waals surface area contributed by atoms with Crippen molar-refractivity contribution < 1.29 is 33.3 Å². The minimum atomic E-state index is -0.687. The molecule has 0 unspecified atom stereocenters. The van der Waals surface area contributed by atoms with Gasteiger partial charge in [0.25, 0.3) is 11.8 Å². The predicted octanol–water partition coefficient (Wildman–Crippen LogP) is 2.45. The van der Waals surface area contributed by atoms with Crippen molar-refractivity contribution >= 4 is 23.2 Å². The van der Waals surface area contributed by atoms with Gasteiger partial charge < -0.3 is 39.6 Å². The zero-order chi connectivity index (χ0) is 24.5. The first-order chi connectivity index (χ1) is 16.5. The van der Waals surface area contributed by atoms with E-state index in [1.54, 1.807) is 12.1 Å². The molecule has 0 radical (unpaired) electrons. The van der Waals surface area contributed by atoms with Crippen LogP contribution in [0.25, 0.3) is 0 Å². The quantitative estimate of drug-likeness (QED) is 0.510. The number of nitrogens with one attached hydrogen (secondary N) is 1. The van der Waals surface area contributed by atoms with E-state index < -0.39 is 11.8 Å². The molecule has 1 fully saturated rings.